The van der Waals surface area contributed by atoms with Crippen LogP contribution >= 0.6 is 0 Å². The van der Waals surface area contributed by atoms with Gasteiger partial charge in [0.25, 0.3) is 0 Å². The maximum absolute atomic E-state index is 10.8. The minimum atomic E-state index is -1.01. The standard InChI is InChI=1S/C8H15OS2/c1-3-8(2)5-4-7(8)6-11(9)10/h7H,3-6H2,1-2H3/q-1/t7?,8-/m1/s1. The quantitative estimate of drug-likeness (QED) is 0.636. The fraction of sp³-hybridized carbons (Fsp3) is 1.00. The molecular weight excluding hydrogens is 176 g/mol. The van der Waals surface area contributed by atoms with Crippen LogP contribution in [0.2, 0.25) is 0 Å². The van der Waals surface area contributed by atoms with Crippen LogP contribution < -0.4 is 0 Å². The predicted molar refractivity (Wildman–Crippen MR) is 51.4 cm³/mol. The molecule has 0 amide bonds. The average molecular weight is 191 g/mol. The first-order chi connectivity index (χ1) is 5.08. The van der Waals surface area contributed by atoms with Crippen LogP contribution in [0.4, 0.5) is 0 Å². The van der Waals surface area contributed by atoms with Crippen molar-refractivity contribution < 1.29 is 4.21 Å². The SMILES string of the molecule is CC[C@]1(C)CCC1C[S-](=O)=S. The second kappa shape index (κ2) is 3.40. The van der Waals surface area contributed by atoms with Crippen molar-refractivity contribution in [3.8, 4) is 0 Å². The van der Waals surface area contributed by atoms with Crippen molar-refractivity contribution in [2.45, 2.75) is 33.1 Å². The van der Waals surface area contributed by atoms with E-state index in [-0.39, 0.29) is 0 Å². The van der Waals surface area contributed by atoms with Gasteiger partial charge in [-0.05, 0) is 11.8 Å². The van der Waals surface area contributed by atoms with Crippen LogP contribution in [-0.4, -0.2) is 5.75 Å². The van der Waals surface area contributed by atoms with E-state index in [0.717, 1.165) is 5.75 Å². The molecule has 1 fully saturated rings. The van der Waals surface area contributed by atoms with Crippen LogP contribution in [-0.2, 0) is 24.8 Å². The van der Waals surface area contributed by atoms with Gasteiger partial charge >= 0.3 is 0 Å². The van der Waals surface area contributed by atoms with Crippen molar-refractivity contribution in [2.75, 3.05) is 5.75 Å². The molecule has 0 heterocycles. The van der Waals surface area contributed by atoms with Gasteiger partial charge in [-0.1, -0.05) is 38.4 Å². The maximum atomic E-state index is 10.8. The third kappa shape index (κ3) is 1.94. The van der Waals surface area contributed by atoms with E-state index in [0.29, 0.717) is 11.3 Å². The Labute approximate surface area is 75.3 Å². The van der Waals surface area contributed by atoms with E-state index in [9.17, 15) is 4.21 Å². The fourth-order valence-corrected chi connectivity index (χ4v) is 3.15. The molecule has 0 bridgehead atoms. The zero-order valence-electron chi connectivity index (χ0n) is 7.13. The lowest BCUT2D eigenvalue weighted by molar-refractivity contribution is 0.0647. The molecule has 0 aromatic heterocycles. The van der Waals surface area contributed by atoms with E-state index in [1.54, 1.807) is 0 Å². The Hall–Kier alpha value is 0.370. The van der Waals surface area contributed by atoms with Gasteiger partial charge in [-0.2, -0.15) is 0 Å². The zero-order valence-corrected chi connectivity index (χ0v) is 8.76. The summed E-state index contributed by atoms with van der Waals surface area (Å²) in [6.45, 7) is 4.49. The molecule has 0 aliphatic heterocycles. The summed E-state index contributed by atoms with van der Waals surface area (Å²) in [5, 5.41) is 0. The highest BCUT2D eigenvalue weighted by Gasteiger charge is 2.38. The Bertz CT molecular complexity index is 198. The Morgan fingerprint density at radius 2 is 2.36 bits per heavy atom. The van der Waals surface area contributed by atoms with Crippen LogP contribution in [0.1, 0.15) is 33.1 Å². The van der Waals surface area contributed by atoms with E-state index >= 15 is 0 Å². The van der Waals surface area contributed by atoms with Gasteiger partial charge < -0.3 is 4.21 Å². The van der Waals surface area contributed by atoms with E-state index in [1.165, 1.54) is 19.3 Å². The van der Waals surface area contributed by atoms with Crippen LogP contribution in [0.15, 0.2) is 0 Å². The van der Waals surface area contributed by atoms with Crippen LogP contribution in [0, 0.1) is 11.3 Å². The van der Waals surface area contributed by atoms with Crippen LogP contribution in [0.25, 0.3) is 0 Å². The molecule has 0 radical (unpaired) electrons. The van der Waals surface area contributed by atoms with Gasteiger partial charge in [0.2, 0.25) is 0 Å². The van der Waals surface area contributed by atoms with E-state index in [1.807, 2.05) is 0 Å². The van der Waals surface area contributed by atoms with Crippen molar-refractivity contribution in [1.82, 2.24) is 0 Å². The van der Waals surface area contributed by atoms with E-state index < -0.39 is 9.36 Å². The van der Waals surface area contributed by atoms with Gasteiger partial charge in [-0.15, -0.1) is 0 Å². The molecule has 1 rings (SSSR count). The third-order valence-corrected chi connectivity index (χ3v) is 4.28. The molecule has 0 N–H and O–H groups in total. The molecule has 0 aromatic rings. The maximum Gasteiger partial charge on any atom is -0.0316 e. The second-order valence-electron chi connectivity index (χ2n) is 3.71. The highest BCUT2D eigenvalue weighted by molar-refractivity contribution is 8.21. The van der Waals surface area contributed by atoms with Gasteiger partial charge in [-0.3, -0.25) is 0 Å². The fourth-order valence-electron chi connectivity index (χ4n) is 1.76. The molecule has 1 aliphatic rings. The molecule has 1 aliphatic carbocycles. The summed E-state index contributed by atoms with van der Waals surface area (Å²) in [7, 11) is -1.01. The summed E-state index contributed by atoms with van der Waals surface area (Å²) in [4.78, 5) is 0. The molecular formula is C8H15OS2-. The van der Waals surface area contributed by atoms with Crippen molar-refractivity contribution in [2.24, 2.45) is 11.3 Å². The predicted octanol–water partition coefficient (Wildman–Crippen LogP) is 2.24. The lowest BCUT2D eigenvalue weighted by atomic mass is 9.61. The topological polar surface area (TPSA) is 17.1 Å². The Morgan fingerprint density at radius 1 is 1.73 bits per heavy atom. The molecule has 1 unspecified atom stereocenters. The van der Waals surface area contributed by atoms with Gasteiger partial charge in [0.15, 0.2) is 0 Å². The molecule has 0 spiro atoms. The van der Waals surface area contributed by atoms with Gasteiger partial charge in [-0.25, -0.2) is 20.5 Å². The number of hydrogen-bond acceptors (Lipinski definition) is 3. The molecule has 1 saturated carbocycles. The zero-order chi connectivity index (χ0) is 8.48. The lowest BCUT2D eigenvalue weighted by Gasteiger charge is -2.48. The normalized spacial score (nSPS) is 37.2. The van der Waals surface area contributed by atoms with Crippen molar-refractivity contribution in [3.05, 3.63) is 0 Å². The van der Waals surface area contributed by atoms with Crippen LogP contribution in [0.5, 0.6) is 0 Å². The van der Waals surface area contributed by atoms with Crippen molar-refractivity contribution in [3.63, 3.8) is 0 Å². The molecule has 3 heteroatoms. The molecule has 0 aromatic carbocycles. The van der Waals surface area contributed by atoms with Gasteiger partial charge in [0.05, 0.1) is 0 Å². The number of rotatable bonds is 3. The Morgan fingerprint density at radius 3 is 2.64 bits per heavy atom. The first-order valence-electron chi connectivity index (χ1n) is 4.14. The van der Waals surface area contributed by atoms with Crippen molar-refractivity contribution in [1.29, 1.82) is 0 Å². The van der Waals surface area contributed by atoms with Gasteiger partial charge in [0.1, 0.15) is 0 Å². The molecule has 11 heavy (non-hydrogen) atoms. The lowest BCUT2D eigenvalue weighted by Crippen LogP contribution is -2.39. The largest absolute Gasteiger partial charge is 0.451 e. The first kappa shape index (κ1) is 9.46. The smallest absolute Gasteiger partial charge is 0.0316 e. The minimum absolute atomic E-state index is 0.453. The summed E-state index contributed by atoms with van der Waals surface area (Å²) in [5.41, 5.74) is 0.453. The summed E-state index contributed by atoms with van der Waals surface area (Å²) in [6, 6.07) is 0. The average Bonchev–Trinajstić information content (AvgIpc) is 1.96. The Balaban J connectivity index is 2.49. The summed E-state index contributed by atoms with van der Waals surface area (Å²) in [5.74, 6) is 1.37. The van der Waals surface area contributed by atoms with Gasteiger partial charge in [0, 0.05) is 0 Å². The van der Waals surface area contributed by atoms with E-state index in [4.69, 9.17) is 0 Å². The van der Waals surface area contributed by atoms with Crippen LogP contribution in [0.3, 0.4) is 0 Å². The second-order valence-corrected chi connectivity index (χ2v) is 5.77. The van der Waals surface area contributed by atoms with E-state index in [2.05, 4.69) is 25.0 Å². The minimum Gasteiger partial charge on any atom is -0.451 e. The highest BCUT2D eigenvalue weighted by Crippen LogP contribution is 2.48. The summed E-state index contributed by atoms with van der Waals surface area (Å²) in [6.07, 6.45) is 3.72. The highest BCUT2D eigenvalue weighted by atomic mass is 32.8. The molecule has 2 atom stereocenters. The van der Waals surface area contributed by atoms with Crippen molar-refractivity contribution >= 4 is 20.5 Å². The number of hydrogen-bond donors (Lipinski definition) is 0. The summed E-state index contributed by atoms with van der Waals surface area (Å²) >= 11 is 4.68. The third-order valence-electron chi connectivity index (χ3n) is 3.19. The first-order valence-corrected chi connectivity index (χ1v) is 6.39. The molecule has 1 nitrogen and oxygen atoms in total. The molecule has 66 valence electrons. The summed E-state index contributed by atoms with van der Waals surface area (Å²) < 4.78 is 10.8. The Kier molecular flexibility index (Phi) is 2.92. The molecule has 0 saturated heterocycles. The monoisotopic (exact) mass is 191 g/mol.